The van der Waals surface area contributed by atoms with E-state index in [-0.39, 0.29) is 0 Å². The van der Waals surface area contributed by atoms with Gasteiger partial charge in [0.15, 0.2) is 0 Å². The first-order chi connectivity index (χ1) is 8.56. The Balaban J connectivity index is 2.34. The zero-order chi connectivity index (χ0) is 13.1. The van der Waals surface area contributed by atoms with Crippen molar-refractivity contribution in [1.82, 2.24) is 4.98 Å². The highest BCUT2D eigenvalue weighted by Crippen LogP contribution is 2.32. The maximum Gasteiger partial charge on any atom is 0.101 e. The Hall–Kier alpha value is -1.32. The van der Waals surface area contributed by atoms with Crippen LogP contribution in [0.1, 0.15) is 29.8 Å². The number of aromatic nitrogens is 1. The summed E-state index contributed by atoms with van der Waals surface area (Å²) in [4.78, 5) is 5.57. The predicted molar refractivity (Wildman–Crippen MR) is 74.9 cm³/mol. The number of rotatable bonds is 3. The Morgan fingerprint density at radius 3 is 2.56 bits per heavy atom. The van der Waals surface area contributed by atoms with Gasteiger partial charge in [0.05, 0.1) is 6.10 Å². The smallest absolute Gasteiger partial charge is 0.101 e. The Morgan fingerprint density at radius 2 is 1.89 bits per heavy atom. The van der Waals surface area contributed by atoms with E-state index in [0.717, 1.165) is 21.2 Å². The standard InChI is InChI=1S/C15H17NOS/c1-10-8-11(2)16-15(9-10)18-14-7-5-4-6-13(14)12(3)17/h4-9,12,17H,1-3H3/t12-/m1/s1. The number of nitrogens with zero attached hydrogens (tertiary/aromatic N) is 1. The molecule has 2 aromatic rings. The molecule has 0 bridgehead atoms. The maximum absolute atomic E-state index is 9.76. The highest BCUT2D eigenvalue weighted by molar-refractivity contribution is 7.99. The summed E-state index contributed by atoms with van der Waals surface area (Å²) in [5.41, 5.74) is 3.18. The van der Waals surface area contributed by atoms with Gasteiger partial charge >= 0.3 is 0 Å². The fourth-order valence-electron chi connectivity index (χ4n) is 1.89. The molecule has 0 aliphatic carbocycles. The Kier molecular flexibility index (Phi) is 4.04. The molecule has 2 rings (SSSR count). The summed E-state index contributed by atoms with van der Waals surface area (Å²) in [6, 6.07) is 12.0. The van der Waals surface area contributed by atoms with E-state index >= 15 is 0 Å². The van der Waals surface area contributed by atoms with Crippen LogP contribution in [0.3, 0.4) is 0 Å². The minimum Gasteiger partial charge on any atom is -0.389 e. The molecule has 0 aliphatic rings. The normalized spacial score (nSPS) is 12.4. The molecule has 0 amide bonds. The zero-order valence-electron chi connectivity index (χ0n) is 10.8. The number of aryl methyl sites for hydroxylation is 2. The molecule has 2 nitrogen and oxygen atoms in total. The highest BCUT2D eigenvalue weighted by atomic mass is 32.2. The van der Waals surface area contributed by atoms with Gasteiger partial charge in [-0.05, 0) is 50.1 Å². The van der Waals surface area contributed by atoms with Crippen LogP contribution in [0.25, 0.3) is 0 Å². The molecule has 0 fully saturated rings. The number of pyridine rings is 1. The van der Waals surface area contributed by atoms with Crippen LogP contribution in [0.2, 0.25) is 0 Å². The van der Waals surface area contributed by atoms with Gasteiger partial charge in [-0.3, -0.25) is 0 Å². The van der Waals surface area contributed by atoms with Gasteiger partial charge in [-0.25, -0.2) is 4.98 Å². The van der Waals surface area contributed by atoms with Gasteiger partial charge in [0.2, 0.25) is 0 Å². The number of aliphatic hydroxyl groups is 1. The Labute approximate surface area is 112 Å². The molecular weight excluding hydrogens is 242 g/mol. The van der Waals surface area contributed by atoms with E-state index in [4.69, 9.17) is 0 Å². The van der Waals surface area contributed by atoms with E-state index in [1.165, 1.54) is 5.56 Å². The quantitative estimate of drug-likeness (QED) is 0.907. The van der Waals surface area contributed by atoms with E-state index in [9.17, 15) is 5.11 Å². The van der Waals surface area contributed by atoms with Crippen LogP contribution in [0.15, 0.2) is 46.3 Å². The van der Waals surface area contributed by atoms with Crippen molar-refractivity contribution in [1.29, 1.82) is 0 Å². The van der Waals surface area contributed by atoms with Crippen LogP contribution < -0.4 is 0 Å². The highest BCUT2D eigenvalue weighted by Gasteiger charge is 2.09. The molecule has 1 aromatic carbocycles. The SMILES string of the molecule is Cc1cc(C)nc(Sc2ccccc2[C@@H](C)O)c1. The van der Waals surface area contributed by atoms with Crippen LogP contribution >= 0.6 is 11.8 Å². The summed E-state index contributed by atoms with van der Waals surface area (Å²) < 4.78 is 0. The van der Waals surface area contributed by atoms with Gasteiger partial charge in [0.1, 0.15) is 5.03 Å². The summed E-state index contributed by atoms with van der Waals surface area (Å²) in [6.07, 6.45) is -0.459. The first-order valence-corrected chi connectivity index (χ1v) is 6.78. The van der Waals surface area contributed by atoms with Gasteiger partial charge < -0.3 is 5.11 Å². The van der Waals surface area contributed by atoms with Crippen LogP contribution in [-0.2, 0) is 0 Å². The molecule has 18 heavy (non-hydrogen) atoms. The van der Waals surface area contributed by atoms with E-state index in [1.807, 2.05) is 31.2 Å². The van der Waals surface area contributed by atoms with E-state index in [1.54, 1.807) is 18.7 Å². The fourth-order valence-corrected chi connectivity index (χ4v) is 3.05. The van der Waals surface area contributed by atoms with Crippen molar-refractivity contribution in [2.45, 2.75) is 36.8 Å². The van der Waals surface area contributed by atoms with E-state index < -0.39 is 6.10 Å². The minimum atomic E-state index is -0.459. The lowest BCUT2D eigenvalue weighted by atomic mass is 10.1. The van der Waals surface area contributed by atoms with E-state index in [2.05, 4.69) is 24.0 Å². The van der Waals surface area contributed by atoms with Crippen molar-refractivity contribution in [3.63, 3.8) is 0 Å². The van der Waals surface area contributed by atoms with Crippen molar-refractivity contribution in [2.24, 2.45) is 0 Å². The van der Waals surface area contributed by atoms with Gasteiger partial charge in [0, 0.05) is 10.6 Å². The summed E-state index contributed by atoms with van der Waals surface area (Å²) in [5, 5.41) is 10.7. The topological polar surface area (TPSA) is 33.1 Å². The molecule has 3 heteroatoms. The van der Waals surface area contributed by atoms with Gasteiger partial charge in [-0.15, -0.1) is 0 Å². The minimum absolute atomic E-state index is 0.459. The summed E-state index contributed by atoms with van der Waals surface area (Å²) in [5.74, 6) is 0. The van der Waals surface area contributed by atoms with Crippen LogP contribution in [-0.4, -0.2) is 10.1 Å². The molecule has 0 unspecified atom stereocenters. The van der Waals surface area contributed by atoms with Gasteiger partial charge in [0.25, 0.3) is 0 Å². The summed E-state index contributed by atoms with van der Waals surface area (Å²) in [6.45, 7) is 5.85. The number of benzene rings is 1. The molecule has 1 N–H and O–H groups in total. The van der Waals surface area contributed by atoms with Crippen molar-refractivity contribution in [3.05, 3.63) is 53.2 Å². The second kappa shape index (κ2) is 5.55. The average molecular weight is 259 g/mol. The molecule has 1 heterocycles. The first-order valence-electron chi connectivity index (χ1n) is 5.96. The maximum atomic E-state index is 9.76. The molecule has 0 saturated heterocycles. The molecule has 0 aliphatic heterocycles. The van der Waals surface area contributed by atoms with Crippen LogP contribution in [0, 0.1) is 13.8 Å². The third-order valence-electron chi connectivity index (χ3n) is 2.66. The molecule has 94 valence electrons. The zero-order valence-corrected chi connectivity index (χ0v) is 11.7. The van der Waals surface area contributed by atoms with Gasteiger partial charge in [-0.2, -0.15) is 0 Å². The lowest BCUT2D eigenvalue weighted by molar-refractivity contribution is 0.196. The predicted octanol–water partition coefficient (Wildman–Crippen LogP) is 3.90. The van der Waals surface area contributed by atoms with Crippen molar-refractivity contribution < 1.29 is 5.11 Å². The van der Waals surface area contributed by atoms with Crippen LogP contribution in [0.4, 0.5) is 0 Å². The lowest BCUT2D eigenvalue weighted by Crippen LogP contribution is -1.94. The third-order valence-corrected chi connectivity index (χ3v) is 3.67. The molecule has 0 spiro atoms. The molecule has 1 aromatic heterocycles. The molecule has 1 atom stereocenters. The second-order valence-electron chi connectivity index (χ2n) is 4.44. The Morgan fingerprint density at radius 1 is 1.17 bits per heavy atom. The van der Waals surface area contributed by atoms with Crippen molar-refractivity contribution in [3.8, 4) is 0 Å². The number of aliphatic hydroxyl groups excluding tert-OH is 1. The first kappa shape index (κ1) is 13.1. The monoisotopic (exact) mass is 259 g/mol. The number of hydrogen-bond donors (Lipinski definition) is 1. The largest absolute Gasteiger partial charge is 0.389 e. The van der Waals surface area contributed by atoms with Crippen LogP contribution in [0.5, 0.6) is 0 Å². The third kappa shape index (κ3) is 3.12. The number of hydrogen-bond acceptors (Lipinski definition) is 3. The molecular formula is C15H17NOS. The van der Waals surface area contributed by atoms with E-state index in [0.29, 0.717) is 0 Å². The molecule has 0 radical (unpaired) electrons. The summed E-state index contributed by atoms with van der Waals surface area (Å²) in [7, 11) is 0. The summed E-state index contributed by atoms with van der Waals surface area (Å²) >= 11 is 1.60. The van der Waals surface area contributed by atoms with Crippen molar-refractivity contribution >= 4 is 11.8 Å². The average Bonchev–Trinajstić information content (AvgIpc) is 2.27. The second-order valence-corrected chi connectivity index (χ2v) is 5.50. The molecule has 0 saturated carbocycles. The van der Waals surface area contributed by atoms with Gasteiger partial charge in [-0.1, -0.05) is 30.0 Å². The van der Waals surface area contributed by atoms with Crippen molar-refractivity contribution in [2.75, 3.05) is 0 Å². The lowest BCUT2D eigenvalue weighted by Gasteiger charge is -2.11. The fraction of sp³-hybridized carbons (Fsp3) is 0.267. The Bertz CT molecular complexity index is 532.